The Kier molecular flexibility index (Phi) is 5.75. The van der Waals surface area contributed by atoms with Crippen molar-refractivity contribution in [1.82, 2.24) is 0 Å². The molecule has 0 unspecified atom stereocenters. The Labute approximate surface area is 187 Å². The molecule has 0 saturated heterocycles. The predicted molar refractivity (Wildman–Crippen MR) is 119 cm³/mol. The number of hydrogen-bond acceptors (Lipinski definition) is 4. The van der Waals surface area contributed by atoms with Gasteiger partial charge in [0.1, 0.15) is 11.5 Å². The second-order valence-electron chi connectivity index (χ2n) is 6.80. The number of esters is 1. The van der Waals surface area contributed by atoms with Gasteiger partial charge in [-0.05, 0) is 54.5 Å². The lowest BCUT2D eigenvalue weighted by molar-refractivity contribution is -0.133. The van der Waals surface area contributed by atoms with E-state index in [-0.39, 0.29) is 18.0 Å². The number of hydrogen-bond donors (Lipinski definition) is 0. The van der Waals surface area contributed by atoms with E-state index in [1.807, 2.05) is 24.3 Å². The van der Waals surface area contributed by atoms with Gasteiger partial charge in [0.25, 0.3) is 0 Å². The quantitative estimate of drug-likeness (QED) is 0.253. The van der Waals surface area contributed by atoms with Crippen LogP contribution in [0.2, 0.25) is 5.02 Å². The fraction of sp³-hybridized carbons (Fsp3) is 0.0833. The number of rotatable bonds is 4. The third-order valence-electron chi connectivity index (χ3n) is 4.71. The molecule has 0 bridgehead atoms. The first-order chi connectivity index (χ1) is 14.4. The zero-order valence-electron chi connectivity index (χ0n) is 15.9. The third-order valence-corrected chi connectivity index (χ3v) is 5.69. The van der Waals surface area contributed by atoms with Crippen LogP contribution < -0.4 is 9.47 Å². The van der Waals surface area contributed by atoms with E-state index in [1.165, 1.54) is 0 Å². The molecule has 6 heteroatoms. The molecule has 1 heterocycles. The Hall–Kier alpha value is -2.89. The largest absolute Gasteiger partial charge is 0.452 e. The first kappa shape index (κ1) is 20.4. The summed E-state index contributed by atoms with van der Waals surface area (Å²) in [7, 11) is 0. The van der Waals surface area contributed by atoms with Crippen molar-refractivity contribution in [2.75, 3.05) is 0 Å². The van der Waals surface area contributed by atoms with Gasteiger partial charge in [0.15, 0.2) is 5.76 Å². The summed E-state index contributed by atoms with van der Waals surface area (Å²) in [6.07, 6.45) is 1.80. The fourth-order valence-corrected chi connectivity index (χ4v) is 3.66. The lowest BCUT2D eigenvalue weighted by atomic mass is 10.1. The van der Waals surface area contributed by atoms with Crippen molar-refractivity contribution < 1.29 is 19.1 Å². The number of ketones is 1. The highest BCUT2D eigenvalue weighted by molar-refractivity contribution is 9.10. The lowest BCUT2D eigenvalue weighted by Gasteiger charge is -2.10. The Balaban J connectivity index is 1.55. The summed E-state index contributed by atoms with van der Waals surface area (Å²) in [5.41, 5.74) is 2.68. The average molecular weight is 484 g/mol. The molecule has 0 saturated carbocycles. The smallest absolute Gasteiger partial charge is 0.315 e. The van der Waals surface area contributed by atoms with Gasteiger partial charge in [-0.1, -0.05) is 57.9 Å². The summed E-state index contributed by atoms with van der Waals surface area (Å²) in [6, 6.07) is 17.8. The summed E-state index contributed by atoms with van der Waals surface area (Å²) in [5, 5.41) is 0.606. The molecule has 30 heavy (non-hydrogen) atoms. The van der Waals surface area contributed by atoms with E-state index in [0.29, 0.717) is 27.6 Å². The van der Waals surface area contributed by atoms with Crippen molar-refractivity contribution in [3.63, 3.8) is 0 Å². The summed E-state index contributed by atoms with van der Waals surface area (Å²) < 4.78 is 12.2. The standard InChI is InChI=1S/C24H16BrClO4/c1-14-20(29-22(27)12-15-6-8-17(26)9-7-15)11-10-18-23(28)21(30-24(14)18)13-16-4-2-3-5-19(16)25/h2-11,13H,12H2,1H3/b21-13-. The van der Waals surface area contributed by atoms with Crippen molar-refractivity contribution in [1.29, 1.82) is 0 Å². The van der Waals surface area contributed by atoms with Gasteiger partial charge >= 0.3 is 5.97 Å². The second-order valence-corrected chi connectivity index (χ2v) is 8.09. The number of allylic oxidation sites excluding steroid dienone is 1. The molecule has 0 fully saturated rings. The van der Waals surface area contributed by atoms with Crippen LogP contribution in [0.25, 0.3) is 6.08 Å². The van der Waals surface area contributed by atoms with Gasteiger partial charge in [-0.3, -0.25) is 9.59 Å². The van der Waals surface area contributed by atoms with Crippen LogP contribution in [0.4, 0.5) is 0 Å². The monoisotopic (exact) mass is 482 g/mol. The van der Waals surface area contributed by atoms with Crippen LogP contribution in [0.1, 0.15) is 27.0 Å². The lowest BCUT2D eigenvalue weighted by Crippen LogP contribution is -2.12. The molecule has 0 aliphatic carbocycles. The SMILES string of the molecule is Cc1c(OC(=O)Cc2ccc(Cl)cc2)ccc2c1O/C(=C\c1ccccc1Br)C2=O. The molecule has 0 spiro atoms. The zero-order valence-corrected chi connectivity index (χ0v) is 18.3. The van der Waals surface area contributed by atoms with Gasteiger partial charge in [0, 0.05) is 15.1 Å². The summed E-state index contributed by atoms with van der Waals surface area (Å²) in [5.74, 6) is 0.388. The fourth-order valence-electron chi connectivity index (χ4n) is 3.14. The van der Waals surface area contributed by atoms with Crippen LogP contribution in [0.5, 0.6) is 11.5 Å². The Morgan fingerprint density at radius 3 is 2.57 bits per heavy atom. The second kappa shape index (κ2) is 8.46. The minimum atomic E-state index is -0.409. The maximum absolute atomic E-state index is 12.7. The van der Waals surface area contributed by atoms with E-state index >= 15 is 0 Å². The highest BCUT2D eigenvalue weighted by Crippen LogP contribution is 2.39. The number of halogens is 2. The van der Waals surface area contributed by atoms with Crippen molar-refractivity contribution >= 4 is 45.4 Å². The molecule has 0 aromatic heterocycles. The first-order valence-corrected chi connectivity index (χ1v) is 10.4. The molecule has 1 aliphatic heterocycles. The Morgan fingerprint density at radius 2 is 1.83 bits per heavy atom. The van der Waals surface area contributed by atoms with Gasteiger partial charge in [-0.15, -0.1) is 0 Å². The molecular weight excluding hydrogens is 468 g/mol. The van der Waals surface area contributed by atoms with Crippen LogP contribution in [0, 0.1) is 6.92 Å². The first-order valence-electron chi connectivity index (χ1n) is 9.20. The van der Waals surface area contributed by atoms with E-state index in [0.717, 1.165) is 15.6 Å². The van der Waals surface area contributed by atoms with Crippen molar-refractivity contribution in [3.05, 3.63) is 98.2 Å². The zero-order chi connectivity index (χ0) is 21.3. The van der Waals surface area contributed by atoms with Crippen LogP contribution in [-0.4, -0.2) is 11.8 Å². The number of benzene rings is 3. The van der Waals surface area contributed by atoms with Crippen molar-refractivity contribution in [2.24, 2.45) is 0 Å². The average Bonchev–Trinajstić information content (AvgIpc) is 3.04. The Morgan fingerprint density at radius 1 is 1.10 bits per heavy atom. The predicted octanol–water partition coefficient (Wildman–Crippen LogP) is 6.18. The van der Waals surface area contributed by atoms with Crippen molar-refractivity contribution in [2.45, 2.75) is 13.3 Å². The van der Waals surface area contributed by atoms with Gasteiger partial charge < -0.3 is 9.47 Å². The van der Waals surface area contributed by atoms with Gasteiger partial charge in [-0.25, -0.2) is 0 Å². The van der Waals surface area contributed by atoms with E-state index < -0.39 is 5.97 Å². The maximum atomic E-state index is 12.7. The molecule has 0 amide bonds. The molecule has 1 aliphatic rings. The normalized spacial score (nSPS) is 13.8. The minimum Gasteiger partial charge on any atom is -0.452 e. The molecule has 4 nitrogen and oxygen atoms in total. The highest BCUT2D eigenvalue weighted by Gasteiger charge is 2.30. The molecule has 0 N–H and O–H groups in total. The molecule has 0 radical (unpaired) electrons. The third kappa shape index (κ3) is 4.18. The van der Waals surface area contributed by atoms with Crippen LogP contribution >= 0.6 is 27.5 Å². The van der Waals surface area contributed by atoms with E-state index in [9.17, 15) is 9.59 Å². The molecule has 3 aromatic carbocycles. The Bertz CT molecular complexity index is 1180. The van der Waals surface area contributed by atoms with Crippen LogP contribution in [-0.2, 0) is 11.2 Å². The number of carbonyl (C=O) groups excluding carboxylic acids is 2. The summed E-state index contributed by atoms with van der Waals surface area (Å²) >= 11 is 9.34. The van der Waals surface area contributed by atoms with E-state index in [4.69, 9.17) is 21.1 Å². The van der Waals surface area contributed by atoms with Crippen LogP contribution in [0.15, 0.2) is 70.9 Å². The molecule has 4 rings (SSSR count). The van der Waals surface area contributed by atoms with Gasteiger partial charge in [0.2, 0.25) is 5.78 Å². The number of Topliss-reactive ketones (excluding diaryl/α,β-unsaturated/α-hetero) is 1. The molecular formula is C24H16BrClO4. The number of ether oxygens (including phenoxy) is 2. The van der Waals surface area contributed by atoms with E-state index in [2.05, 4.69) is 15.9 Å². The van der Waals surface area contributed by atoms with E-state index in [1.54, 1.807) is 49.4 Å². The van der Waals surface area contributed by atoms with Crippen LogP contribution in [0.3, 0.4) is 0 Å². The minimum absolute atomic E-state index is 0.112. The topological polar surface area (TPSA) is 52.6 Å². The maximum Gasteiger partial charge on any atom is 0.315 e. The molecule has 150 valence electrons. The van der Waals surface area contributed by atoms with Gasteiger partial charge in [-0.2, -0.15) is 0 Å². The highest BCUT2D eigenvalue weighted by atomic mass is 79.9. The summed E-state index contributed by atoms with van der Waals surface area (Å²) in [6.45, 7) is 1.76. The molecule has 3 aromatic rings. The molecule has 0 atom stereocenters. The summed E-state index contributed by atoms with van der Waals surface area (Å²) in [4.78, 5) is 25.1. The number of carbonyl (C=O) groups is 2. The van der Waals surface area contributed by atoms with Gasteiger partial charge in [0.05, 0.1) is 12.0 Å². The van der Waals surface area contributed by atoms with Crippen molar-refractivity contribution in [3.8, 4) is 11.5 Å². The number of fused-ring (bicyclic) bond motifs is 1.